The van der Waals surface area contributed by atoms with E-state index in [1.165, 1.54) is 30.4 Å². The molecule has 1 amide bonds. The van der Waals surface area contributed by atoms with Crippen molar-refractivity contribution in [2.45, 2.75) is 12.0 Å². The van der Waals surface area contributed by atoms with Gasteiger partial charge in [-0.2, -0.15) is 0 Å². The Balaban J connectivity index is 1.81. The maximum Gasteiger partial charge on any atom is 0.244 e. The lowest BCUT2D eigenvalue weighted by Gasteiger charge is -2.22. The molecule has 0 bridgehead atoms. The molecule has 0 aliphatic heterocycles. The number of allylic oxidation sites excluding steroid dienone is 2. The van der Waals surface area contributed by atoms with E-state index < -0.39 is 5.60 Å². The van der Waals surface area contributed by atoms with E-state index in [1.807, 2.05) is 24.3 Å². The number of carbonyl (C=O) groups excluding carboxylic acids is 2. The van der Waals surface area contributed by atoms with Gasteiger partial charge >= 0.3 is 0 Å². The fourth-order valence-corrected chi connectivity index (χ4v) is 2.37. The van der Waals surface area contributed by atoms with E-state index in [2.05, 4.69) is 21.2 Å². The number of aliphatic hydroxyl groups is 1. The summed E-state index contributed by atoms with van der Waals surface area (Å²) in [7, 11) is 0. The molecule has 0 saturated carbocycles. The van der Waals surface area contributed by atoms with E-state index in [0.717, 1.165) is 10.0 Å². The molecule has 0 spiro atoms. The van der Waals surface area contributed by atoms with Crippen LogP contribution in [0.4, 0.5) is 0 Å². The van der Waals surface area contributed by atoms with Gasteiger partial charge in [-0.3, -0.25) is 9.59 Å². The first-order valence-electron chi connectivity index (χ1n) is 6.84. The Bertz CT molecular complexity index is 646. The van der Waals surface area contributed by atoms with Gasteiger partial charge in [-0.25, -0.2) is 0 Å². The van der Waals surface area contributed by atoms with Crippen LogP contribution in [-0.2, 0) is 9.59 Å². The Kier molecular flexibility index (Phi) is 5.46. The maximum absolute atomic E-state index is 11.7. The van der Waals surface area contributed by atoms with Gasteiger partial charge < -0.3 is 10.4 Å². The number of benzene rings is 1. The number of ketones is 1. The number of carbonyl (C=O) groups is 2. The van der Waals surface area contributed by atoms with Crippen LogP contribution < -0.4 is 5.32 Å². The van der Waals surface area contributed by atoms with Crippen molar-refractivity contribution >= 4 is 33.7 Å². The van der Waals surface area contributed by atoms with Crippen molar-refractivity contribution < 1.29 is 14.7 Å². The lowest BCUT2D eigenvalue weighted by atomic mass is 9.94. The van der Waals surface area contributed by atoms with Crippen molar-refractivity contribution in [3.63, 3.8) is 0 Å². The Morgan fingerprint density at radius 3 is 2.64 bits per heavy atom. The molecule has 0 atom stereocenters. The highest BCUT2D eigenvalue weighted by atomic mass is 79.9. The lowest BCUT2D eigenvalue weighted by molar-refractivity contribution is -0.116. The molecule has 1 aromatic rings. The Morgan fingerprint density at radius 1 is 1.27 bits per heavy atom. The molecule has 1 aliphatic carbocycles. The number of hydrogen-bond acceptors (Lipinski definition) is 3. The smallest absolute Gasteiger partial charge is 0.244 e. The summed E-state index contributed by atoms with van der Waals surface area (Å²) >= 11 is 3.40. The molecule has 2 N–H and O–H groups in total. The van der Waals surface area contributed by atoms with Gasteiger partial charge in [0.2, 0.25) is 5.91 Å². The van der Waals surface area contributed by atoms with Crippen molar-refractivity contribution in [3.05, 3.63) is 64.7 Å². The van der Waals surface area contributed by atoms with Crippen molar-refractivity contribution in [2.24, 2.45) is 0 Å². The number of hydrogen-bond donors (Lipinski definition) is 2. The predicted molar refractivity (Wildman–Crippen MR) is 89.0 cm³/mol. The van der Waals surface area contributed by atoms with Gasteiger partial charge in [0.15, 0.2) is 5.78 Å². The van der Waals surface area contributed by atoms with E-state index in [-0.39, 0.29) is 11.7 Å². The van der Waals surface area contributed by atoms with Gasteiger partial charge in [-0.15, -0.1) is 0 Å². The number of rotatable bonds is 5. The van der Waals surface area contributed by atoms with Gasteiger partial charge in [-0.05, 0) is 42.0 Å². The molecule has 0 fully saturated rings. The fraction of sp³-hybridized carbons (Fsp3) is 0.176. The third-order valence-corrected chi connectivity index (χ3v) is 3.94. The summed E-state index contributed by atoms with van der Waals surface area (Å²) in [6.07, 6.45) is 9.01. The van der Waals surface area contributed by atoms with Crippen LogP contribution in [0, 0.1) is 0 Å². The molecular formula is C17H16BrNO3. The molecule has 4 nitrogen and oxygen atoms in total. The SMILES string of the molecule is O=C1C=CC(O)(CCNC(=O)/C=C/c2ccccc2Br)C=C1. The normalized spacial score (nSPS) is 16.2. The minimum atomic E-state index is -1.17. The molecule has 0 radical (unpaired) electrons. The van der Waals surface area contributed by atoms with Crippen LogP contribution in [0.15, 0.2) is 59.1 Å². The molecule has 1 aromatic carbocycles. The molecule has 5 heteroatoms. The molecule has 0 unspecified atom stereocenters. The lowest BCUT2D eigenvalue weighted by Crippen LogP contribution is -2.32. The van der Waals surface area contributed by atoms with E-state index in [9.17, 15) is 14.7 Å². The maximum atomic E-state index is 11.7. The van der Waals surface area contributed by atoms with Gasteiger partial charge in [0.1, 0.15) is 5.60 Å². The van der Waals surface area contributed by atoms with E-state index >= 15 is 0 Å². The Morgan fingerprint density at radius 2 is 1.95 bits per heavy atom. The van der Waals surface area contributed by atoms with Gasteiger partial charge in [0.05, 0.1) is 0 Å². The van der Waals surface area contributed by atoms with Gasteiger partial charge in [-0.1, -0.05) is 34.1 Å². The molecule has 114 valence electrons. The third-order valence-electron chi connectivity index (χ3n) is 3.22. The zero-order valence-corrected chi connectivity index (χ0v) is 13.4. The topological polar surface area (TPSA) is 66.4 Å². The van der Waals surface area contributed by atoms with Crippen molar-refractivity contribution in [1.29, 1.82) is 0 Å². The highest BCUT2D eigenvalue weighted by Crippen LogP contribution is 2.18. The van der Waals surface area contributed by atoms with Crippen LogP contribution in [0.5, 0.6) is 0 Å². The van der Waals surface area contributed by atoms with Crippen molar-refractivity contribution in [1.82, 2.24) is 5.32 Å². The van der Waals surface area contributed by atoms with Crippen LogP contribution >= 0.6 is 15.9 Å². The zero-order valence-electron chi connectivity index (χ0n) is 11.8. The monoisotopic (exact) mass is 361 g/mol. The average molecular weight is 362 g/mol. The van der Waals surface area contributed by atoms with Crippen LogP contribution in [-0.4, -0.2) is 28.9 Å². The average Bonchev–Trinajstić information content (AvgIpc) is 2.50. The largest absolute Gasteiger partial charge is 0.382 e. The quantitative estimate of drug-likeness (QED) is 0.791. The van der Waals surface area contributed by atoms with Crippen LogP contribution in [0.2, 0.25) is 0 Å². The van der Waals surface area contributed by atoms with Crippen molar-refractivity contribution in [2.75, 3.05) is 6.54 Å². The first-order chi connectivity index (χ1) is 10.5. The summed E-state index contributed by atoms with van der Waals surface area (Å²) in [5.74, 6) is -0.385. The first-order valence-corrected chi connectivity index (χ1v) is 7.63. The summed E-state index contributed by atoms with van der Waals surface area (Å²) in [4.78, 5) is 22.8. The molecule has 0 saturated heterocycles. The molecule has 0 aromatic heterocycles. The predicted octanol–water partition coefficient (Wildman–Crippen LogP) is 2.39. The minimum Gasteiger partial charge on any atom is -0.382 e. The standard InChI is InChI=1S/C17H16BrNO3/c18-15-4-2-1-3-13(15)5-6-16(21)19-12-11-17(22)9-7-14(20)8-10-17/h1-10,22H,11-12H2,(H,19,21)/b6-5+. The molecule has 1 aliphatic rings. The van der Waals surface area contributed by atoms with Crippen LogP contribution in [0.25, 0.3) is 6.08 Å². The second-order valence-electron chi connectivity index (χ2n) is 4.96. The first kappa shape index (κ1) is 16.4. The number of nitrogens with one attached hydrogen (secondary N) is 1. The number of amides is 1. The Hall–Kier alpha value is -1.98. The highest BCUT2D eigenvalue weighted by molar-refractivity contribution is 9.10. The summed E-state index contributed by atoms with van der Waals surface area (Å²) in [5.41, 5.74) is -0.263. The molecule has 2 rings (SSSR count). The van der Waals surface area contributed by atoms with Crippen LogP contribution in [0.1, 0.15) is 12.0 Å². The molecule has 0 heterocycles. The summed E-state index contributed by atoms with van der Waals surface area (Å²) in [5, 5.41) is 12.8. The van der Waals surface area contributed by atoms with Gasteiger partial charge in [0.25, 0.3) is 0 Å². The summed E-state index contributed by atoms with van der Waals surface area (Å²) in [6.45, 7) is 0.304. The number of halogens is 1. The summed E-state index contributed by atoms with van der Waals surface area (Å²) in [6, 6.07) is 7.58. The molecule has 22 heavy (non-hydrogen) atoms. The van der Waals surface area contributed by atoms with Crippen molar-refractivity contribution in [3.8, 4) is 0 Å². The fourth-order valence-electron chi connectivity index (χ4n) is 1.95. The minimum absolute atomic E-state index is 0.148. The zero-order chi connectivity index (χ0) is 16.0. The van der Waals surface area contributed by atoms with E-state index in [4.69, 9.17) is 0 Å². The second-order valence-corrected chi connectivity index (χ2v) is 5.81. The summed E-state index contributed by atoms with van der Waals surface area (Å²) < 4.78 is 0.913. The van der Waals surface area contributed by atoms with E-state index in [0.29, 0.717) is 13.0 Å². The highest BCUT2D eigenvalue weighted by Gasteiger charge is 2.22. The third kappa shape index (κ3) is 4.79. The van der Waals surface area contributed by atoms with Gasteiger partial charge in [0, 0.05) is 23.5 Å². The second kappa shape index (κ2) is 7.33. The van der Waals surface area contributed by atoms with E-state index in [1.54, 1.807) is 6.08 Å². The Labute approximate surface area is 137 Å². The van der Waals surface area contributed by atoms with Crippen LogP contribution in [0.3, 0.4) is 0 Å². The molecular weight excluding hydrogens is 346 g/mol.